The number of sulfone groups is 1. The molecule has 1 spiro atoms. The van der Waals surface area contributed by atoms with E-state index < -0.39 is 42.3 Å². The van der Waals surface area contributed by atoms with E-state index in [0.29, 0.717) is 0 Å². The first kappa shape index (κ1) is 18.5. The lowest BCUT2D eigenvalue weighted by molar-refractivity contribution is 0.0270. The summed E-state index contributed by atoms with van der Waals surface area (Å²) in [5.41, 5.74) is -1.66. The van der Waals surface area contributed by atoms with Crippen molar-refractivity contribution in [3.8, 4) is 0 Å². The normalized spacial score (nSPS) is 27.1. The molecule has 23 heavy (non-hydrogen) atoms. The number of ether oxygens (including phenoxy) is 1. The third kappa shape index (κ3) is 4.16. The highest BCUT2D eigenvalue weighted by Crippen LogP contribution is 2.44. The number of carbonyl (C=O) groups excluding carboxylic acids is 1. The molecule has 2 saturated heterocycles. The highest BCUT2D eigenvalue weighted by Gasteiger charge is 2.55. The van der Waals surface area contributed by atoms with E-state index in [4.69, 9.17) is 4.74 Å². The lowest BCUT2D eigenvalue weighted by atomic mass is 9.81. The molecule has 8 nitrogen and oxygen atoms in total. The van der Waals surface area contributed by atoms with E-state index in [1.54, 1.807) is 20.8 Å². The molecule has 2 aliphatic rings. The van der Waals surface area contributed by atoms with Crippen LogP contribution in [-0.2, 0) is 24.7 Å². The predicted molar refractivity (Wildman–Crippen MR) is 83.5 cm³/mol. The highest BCUT2D eigenvalue weighted by molar-refractivity contribution is 7.91. The first-order chi connectivity index (χ1) is 10.2. The van der Waals surface area contributed by atoms with Crippen molar-refractivity contribution in [3.63, 3.8) is 0 Å². The van der Waals surface area contributed by atoms with E-state index in [1.807, 2.05) is 0 Å². The summed E-state index contributed by atoms with van der Waals surface area (Å²) in [6, 6.07) is 0. The molecule has 2 rings (SSSR count). The third-order valence-corrected chi connectivity index (χ3v) is 7.43. The van der Waals surface area contributed by atoms with Gasteiger partial charge in [0.25, 0.3) is 10.1 Å². The molecule has 0 aliphatic carbocycles. The number of hydrogen-bond acceptors (Lipinski definition) is 6. The molecule has 1 unspecified atom stereocenters. The van der Waals surface area contributed by atoms with Gasteiger partial charge in [-0.2, -0.15) is 8.42 Å². The van der Waals surface area contributed by atoms with Gasteiger partial charge in [-0.1, -0.05) is 0 Å². The molecule has 10 heteroatoms. The lowest BCUT2D eigenvalue weighted by Crippen LogP contribution is -2.45. The maximum atomic E-state index is 12.2. The largest absolute Gasteiger partial charge is 0.444 e. The fourth-order valence-electron chi connectivity index (χ4n) is 3.24. The number of rotatable bonds is 1. The first-order valence-corrected chi connectivity index (χ1v) is 10.7. The van der Waals surface area contributed by atoms with Crippen molar-refractivity contribution >= 4 is 26.0 Å². The molecule has 1 N–H and O–H groups in total. The molecule has 0 radical (unpaired) electrons. The summed E-state index contributed by atoms with van der Waals surface area (Å²) >= 11 is 0. The Balaban J connectivity index is 2.26. The summed E-state index contributed by atoms with van der Waals surface area (Å²) in [6.07, 6.45) is -0.436. The zero-order chi connectivity index (χ0) is 17.7. The van der Waals surface area contributed by atoms with Crippen LogP contribution in [0.3, 0.4) is 0 Å². The number of hydrogen-bond donors (Lipinski definition) is 1. The summed E-state index contributed by atoms with van der Waals surface area (Å²) < 4.78 is 61.6. The fourth-order valence-corrected chi connectivity index (χ4v) is 6.19. The van der Waals surface area contributed by atoms with Crippen LogP contribution in [0.2, 0.25) is 0 Å². The Hall–Kier alpha value is -0.870. The van der Waals surface area contributed by atoms with Gasteiger partial charge in [-0.25, -0.2) is 13.2 Å². The van der Waals surface area contributed by atoms with Crippen molar-refractivity contribution in [1.29, 1.82) is 0 Å². The average Bonchev–Trinajstić information content (AvgIpc) is 2.71. The van der Waals surface area contributed by atoms with Crippen LogP contribution in [0.1, 0.15) is 33.6 Å². The van der Waals surface area contributed by atoms with E-state index in [2.05, 4.69) is 0 Å². The molecular weight excluding hydrogens is 346 g/mol. The van der Waals surface area contributed by atoms with Crippen LogP contribution in [0.5, 0.6) is 0 Å². The summed E-state index contributed by atoms with van der Waals surface area (Å²) in [5.74, 6) is -0.275. The van der Waals surface area contributed by atoms with Crippen LogP contribution in [0.25, 0.3) is 0 Å². The number of amides is 1. The van der Waals surface area contributed by atoms with Gasteiger partial charge in [0, 0.05) is 18.5 Å². The van der Waals surface area contributed by atoms with Crippen LogP contribution in [0.15, 0.2) is 0 Å². The summed E-state index contributed by atoms with van der Waals surface area (Å²) in [7, 11) is -7.60. The zero-order valence-electron chi connectivity index (χ0n) is 13.5. The van der Waals surface area contributed by atoms with Crippen molar-refractivity contribution < 1.29 is 30.9 Å². The molecule has 0 saturated carbocycles. The van der Waals surface area contributed by atoms with Crippen molar-refractivity contribution in [3.05, 3.63) is 0 Å². The van der Waals surface area contributed by atoms with Crippen molar-refractivity contribution in [2.24, 2.45) is 5.41 Å². The van der Waals surface area contributed by atoms with E-state index in [0.717, 1.165) is 0 Å². The quantitative estimate of drug-likeness (QED) is 0.675. The Morgan fingerprint density at radius 3 is 2.22 bits per heavy atom. The molecule has 0 aromatic carbocycles. The molecule has 0 aromatic rings. The Bertz CT molecular complexity index is 676. The number of nitrogens with zero attached hydrogens (tertiary/aromatic N) is 1. The fraction of sp³-hybridized carbons (Fsp3) is 0.923. The van der Waals surface area contributed by atoms with Gasteiger partial charge in [0.1, 0.15) is 20.7 Å². The molecule has 134 valence electrons. The molecule has 1 amide bonds. The maximum absolute atomic E-state index is 12.2. The number of likely N-dealkylation sites (tertiary alicyclic amines) is 1. The monoisotopic (exact) mass is 369 g/mol. The van der Waals surface area contributed by atoms with Crippen molar-refractivity contribution in [1.82, 2.24) is 4.90 Å². The van der Waals surface area contributed by atoms with Gasteiger partial charge in [0.15, 0.2) is 0 Å². The molecule has 2 aliphatic heterocycles. The SMILES string of the molecule is CC(C)(C)OC(=O)N1CC(S(=O)(=O)O)C2(CCS(=O)(=O)CC2)C1. The Morgan fingerprint density at radius 2 is 1.78 bits per heavy atom. The minimum atomic E-state index is -4.40. The molecular formula is C13H23NO7S2. The first-order valence-electron chi connectivity index (χ1n) is 7.39. The molecule has 2 fully saturated rings. The van der Waals surface area contributed by atoms with E-state index in [1.165, 1.54) is 4.90 Å². The minimum Gasteiger partial charge on any atom is -0.444 e. The Morgan fingerprint density at radius 1 is 1.26 bits per heavy atom. The predicted octanol–water partition coefficient (Wildman–Crippen LogP) is 0.689. The summed E-state index contributed by atoms with van der Waals surface area (Å²) in [6.45, 7) is 4.98. The summed E-state index contributed by atoms with van der Waals surface area (Å²) in [4.78, 5) is 13.4. The average molecular weight is 369 g/mol. The van der Waals surface area contributed by atoms with Crippen molar-refractivity contribution in [2.75, 3.05) is 24.6 Å². The second-order valence-electron chi connectivity index (χ2n) is 7.38. The van der Waals surface area contributed by atoms with Gasteiger partial charge in [-0.15, -0.1) is 0 Å². The van der Waals surface area contributed by atoms with Gasteiger partial charge in [-0.05, 0) is 33.6 Å². The number of carbonyl (C=O) groups is 1. The van der Waals surface area contributed by atoms with Crippen LogP contribution in [0.4, 0.5) is 4.79 Å². The van der Waals surface area contributed by atoms with Gasteiger partial charge >= 0.3 is 6.09 Å². The Kier molecular flexibility index (Phi) is 4.49. The van der Waals surface area contributed by atoms with Crippen molar-refractivity contribution in [2.45, 2.75) is 44.5 Å². The van der Waals surface area contributed by atoms with E-state index in [-0.39, 0.29) is 37.4 Å². The lowest BCUT2D eigenvalue weighted by Gasteiger charge is -2.36. The van der Waals surface area contributed by atoms with Gasteiger partial charge in [0.05, 0.1) is 11.5 Å². The second-order valence-corrected chi connectivity index (χ2v) is 11.3. The van der Waals surface area contributed by atoms with E-state index in [9.17, 15) is 26.2 Å². The maximum Gasteiger partial charge on any atom is 0.410 e. The molecule has 0 aromatic heterocycles. The van der Waals surface area contributed by atoms with Gasteiger partial charge in [0.2, 0.25) is 0 Å². The van der Waals surface area contributed by atoms with Gasteiger partial charge in [-0.3, -0.25) is 4.55 Å². The standard InChI is InChI=1S/C13H23NO7S2/c1-12(2,3)21-11(15)14-8-10(23(18,19)20)13(9-14)4-6-22(16,17)7-5-13/h10H,4-9H2,1-3H3,(H,18,19,20). The van der Waals surface area contributed by atoms with E-state index >= 15 is 0 Å². The van der Waals surface area contributed by atoms with Crippen LogP contribution < -0.4 is 0 Å². The molecule has 2 heterocycles. The zero-order valence-corrected chi connectivity index (χ0v) is 15.1. The minimum absolute atomic E-state index is 0.0713. The molecule has 0 bridgehead atoms. The molecule has 1 atom stereocenters. The Labute approximate surface area is 136 Å². The smallest absolute Gasteiger partial charge is 0.410 e. The summed E-state index contributed by atoms with van der Waals surface area (Å²) in [5, 5.41) is -1.18. The topological polar surface area (TPSA) is 118 Å². The van der Waals surface area contributed by atoms with Crippen LogP contribution in [0, 0.1) is 5.41 Å². The second kappa shape index (κ2) is 5.59. The third-order valence-electron chi connectivity index (χ3n) is 4.41. The van der Waals surface area contributed by atoms with Crippen LogP contribution in [-0.4, -0.2) is 67.8 Å². The highest BCUT2D eigenvalue weighted by atomic mass is 32.2. The van der Waals surface area contributed by atoms with Gasteiger partial charge < -0.3 is 9.64 Å². The van der Waals surface area contributed by atoms with Crippen LogP contribution >= 0.6 is 0 Å².